The van der Waals surface area contributed by atoms with Crippen LogP contribution in [0.4, 0.5) is 0 Å². The zero-order chi connectivity index (χ0) is 21.2. The third kappa shape index (κ3) is 8.12. The lowest BCUT2D eigenvalue weighted by Crippen LogP contribution is -2.45. The molecule has 1 aromatic rings. The Labute approximate surface area is 197 Å². The van der Waals surface area contributed by atoms with Crippen LogP contribution < -0.4 is 16.0 Å². The SMILES string of the molecule is CCNC(=NCc1cccc(C(=O)NC(C)CC)c1)NC1CCN(C(=O)CC)C1.I. The minimum Gasteiger partial charge on any atom is -0.357 e. The Morgan fingerprint density at radius 3 is 2.70 bits per heavy atom. The monoisotopic (exact) mass is 529 g/mol. The molecule has 2 atom stereocenters. The Hall–Kier alpha value is -1.84. The smallest absolute Gasteiger partial charge is 0.251 e. The third-order valence-electron chi connectivity index (χ3n) is 5.13. The number of amides is 2. The second kappa shape index (κ2) is 13.5. The lowest BCUT2D eigenvalue weighted by molar-refractivity contribution is -0.129. The molecule has 1 fully saturated rings. The summed E-state index contributed by atoms with van der Waals surface area (Å²) in [5.41, 5.74) is 1.63. The number of guanidine groups is 1. The van der Waals surface area contributed by atoms with Crippen molar-refractivity contribution in [2.45, 2.75) is 65.6 Å². The summed E-state index contributed by atoms with van der Waals surface area (Å²) in [5.74, 6) is 0.878. The number of likely N-dealkylation sites (tertiary alicyclic amines) is 1. The Bertz CT molecular complexity index is 725. The lowest BCUT2D eigenvalue weighted by atomic mass is 10.1. The van der Waals surface area contributed by atoms with Crippen molar-refractivity contribution in [2.24, 2.45) is 4.99 Å². The Morgan fingerprint density at radius 2 is 2.03 bits per heavy atom. The number of hydrogen-bond acceptors (Lipinski definition) is 3. The molecule has 1 saturated heterocycles. The fraction of sp³-hybridized carbons (Fsp3) is 0.591. The van der Waals surface area contributed by atoms with Gasteiger partial charge in [-0.15, -0.1) is 24.0 Å². The van der Waals surface area contributed by atoms with Gasteiger partial charge in [0.1, 0.15) is 0 Å². The van der Waals surface area contributed by atoms with E-state index >= 15 is 0 Å². The van der Waals surface area contributed by atoms with E-state index in [1.165, 1.54) is 0 Å². The highest BCUT2D eigenvalue weighted by Gasteiger charge is 2.25. The van der Waals surface area contributed by atoms with Gasteiger partial charge in [0.05, 0.1) is 6.54 Å². The first kappa shape index (κ1) is 26.2. The van der Waals surface area contributed by atoms with E-state index in [1.54, 1.807) is 0 Å². The summed E-state index contributed by atoms with van der Waals surface area (Å²) in [4.78, 5) is 30.8. The summed E-state index contributed by atoms with van der Waals surface area (Å²) >= 11 is 0. The standard InChI is InChI=1S/C22H35N5O2.HI/c1-5-16(4)25-21(29)18-10-8-9-17(13-18)14-24-22(23-7-3)26-19-11-12-27(15-19)20(28)6-2;/h8-10,13,16,19H,5-7,11-12,14-15H2,1-4H3,(H,25,29)(H2,23,24,26);1H. The molecule has 1 heterocycles. The topological polar surface area (TPSA) is 85.8 Å². The first-order chi connectivity index (χ1) is 14.0. The van der Waals surface area contributed by atoms with Gasteiger partial charge in [0.25, 0.3) is 5.91 Å². The second-order valence-corrected chi connectivity index (χ2v) is 7.50. The predicted molar refractivity (Wildman–Crippen MR) is 132 cm³/mol. The number of nitrogens with zero attached hydrogens (tertiary/aromatic N) is 2. The fourth-order valence-corrected chi connectivity index (χ4v) is 3.23. The number of benzene rings is 1. The summed E-state index contributed by atoms with van der Waals surface area (Å²) in [6.07, 6.45) is 2.36. The molecule has 7 nitrogen and oxygen atoms in total. The molecule has 0 spiro atoms. The highest BCUT2D eigenvalue weighted by Crippen LogP contribution is 2.11. The molecule has 2 unspecified atom stereocenters. The largest absolute Gasteiger partial charge is 0.357 e. The average Bonchev–Trinajstić information content (AvgIpc) is 3.20. The van der Waals surface area contributed by atoms with Crippen molar-refractivity contribution in [3.05, 3.63) is 35.4 Å². The van der Waals surface area contributed by atoms with Crippen LogP contribution in [0.15, 0.2) is 29.3 Å². The Morgan fingerprint density at radius 1 is 1.27 bits per heavy atom. The van der Waals surface area contributed by atoms with E-state index in [1.807, 2.05) is 56.9 Å². The minimum absolute atomic E-state index is 0. The van der Waals surface area contributed by atoms with Crippen molar-refractivity contribution < 1.29 is 9.59 Å². The van der Waals surface area contributed by atoms with E-state index < -0.39 is 0 Å². The average molecular weight is 529 g/mol. The van der Waals surface area contributed by atoms with E-state index in [0.717, 1.165) is 37.5 Å². The van der Waals surface area contributed by atoms with Gasteiger partial charge < -0.3 is 20.9 Å². The zero-order valence-electron chi connectivity index (χ0n) is 18.5. The van der Waals surface area contributed by atoms with Gasteiger partial charge in [0.2, 0.25) is 5.91 Å². The molecule has 2 rings (SSSR count). The minimum atomic E-state index is -0.0538. The quantitative estimate of drug-likeness (QED) is 0.275. The zero-order valence-corrected chi connectivity index (χ0v) is 20.9. The van der Waals surface area contributed by atoms with Crippen LogP contribution in [-0.2, 0) is 11.3 Å². The number of halogens is 1. The summed E-state index contributed by atoms with van der Waals surface area (Å²) in [6.45, 7) is 10.7. The maximum Gasteiger partial charge on any atom is 0.251 e. The van der Waals surface area contributed by atoms with Gasteiger partial charge >= 0.3 is 0 Å². The third-order valence-corrected chi connectivity index (χ3v) is 5.13. The van der Waals surface area contributed by atoms with Gasteiger partial charge in [-0.3, -0.25) is 9.59 Å². The maximum absolute atomic E-state index is 12.3. The van der Waals surface area contributed by atoms with E-state index in [9.17, 15) is 9.59 Å². The van der Waals surface area contributed by atoms with Crippen molar-refractivity contribution in [1.29, 1.82) is 0 Å². The molecule has 30 heavy (non-hydrogen) atoms. The molecular formula is C22H36IN5O2. The molecule has 0 bridgehead atoms. The number of hydrogen-bond donors (Lipinski definition) is 3. The van der Waals surface area contributed by atoms with E-state index in [4.69, 9.17) is 0 Å². The normalized spacial score (nSPS) is 17.1. The van der Waals surface area contributed by atoms with Crippen LogP contribution in [-0.4, -0.2) is 54.4 Å². The fourth-order valence-electron chi connectivity index (χ4n) is 3.23. The van der Waals surface area contributed by atoms with E-state index in [-0.39, 0.29) is 47.9 Å². The highest BCUT2D eigenvalue weighted by molar-refractivity contribution is 14.0. The first-order valence-electron chi connectivity index (χ1n) is 10.7. The van der Waals surface area contributed by atoms with Crippen molar-refractivity contribution >= 4 is 41.8 Å². The molecule has 0 aromatic heterocycles. The molecule has 0 aliphatic carbocycles. The molecule has 0 saturated carbocycles. The van der Waals surface area contributed by atoms with E-state index in [0.29, 0.717) is 25.1 Å². The van der Waals surface area contributed by atoms with Crippen LogP contribution in [0.2, 0.25) is 0 Å². The highest BCUT2D eigenvalue weighted by atomic mass is 127. The van der Waals surface area contributed by atoms with Crippen LogP contribution in [0.25, 0.3) is 0 Å². The Balaban J connectivity index is 0.00000450. The maximum atomic E-state index is 12.3. The van der Waals surface area contributed by atoms with Gasteiger partial charge in [-0.25, -0.2) is 4.99 Å². The summed E-state index contributed by atoms with van der Waals surface area (Å²) in [5, 5.41) is 9.69. The van der Waals surface area contributed by atoms with Crippen LogP contribution in [0.3, 0.4) is 0 Å². The van der Waals surface area contributed by atoms with Gasteiger partial charge in [0.15, 0.2) is 5.96 Å². The molecule has 168 valence electrons. The van der Waals surface area contributed by atoms with Crippen molar-refractivity contribution in [2.75, 3.05) is 19.6 Å². The molecule has 1 aliphatic heterocycles. The van der Waals surface area contributed by atoms with Crippen LogP contribution in [0, 0.1) is 0 Å². The van der Waals surface area contributed by atoms with Gasteiger partial charge in [-0.1, -0.05) is 26.0 Å². The molecule has 8 heteroatoms. The van der Waals surface area contributed by atoms with Crippen LogP contribution >= 0.6 is 24.0 Å². The lowest BCUT2D eigenvalue weighted by Gasteiger charge is -2.18. The number of aliphatic imine (C=N–C) groups is 1. The van der Waals surface area contributed by atoms with Gasteiger partial charge in [0, 0.05) is 43.7 Å². The predicted octanol–water partition coefficient (Wildman–Crippen LogP) is 2.90. The molecular weight excluding hydrogens is 493 g/mol. The van der Waals surface area contributed by atoms with Crippen molar-refractivity contribution in [3.63, 3.8) is 0 Å². The summed E-state index contributed by atoms with van der Waals surface area (Å²) < 4.78 is 0. The first-order valence-corrected chi connectivity index (χ1v) is 10.7. The summed E-state index contributed by atoms with van der Waals surface area (Å²) in [7, 11) is 0. The van der Waals surface area contributed by atoms with Crippen LogP contribution in [0.5, 0.6) is 0 Å². The molecule has 1 aromatic carbocycles. The number of carbonyl (C=O) groups is 2. The number of rotatable bonds is 8. The van der Waals surface area contributed by atoms with E-state index in [2.05, 4.69) is 20.9 Å². The number of carbonyl (C=O) groups excluding carboxylic acids is 2. The second-order valence-electron chi connectivity index (χ2n) is 7.50. The van der Waals surface area contributed by atoms with Crippen LogP contribution in [0.1, 0.15) is 62.9 Å². The molecule has 3 N–H and O–H groups in total. The molecule has 2 amide bonds. The Kier molecular flexibility index (Phi) is 11.8. The van der Waals surface area contributed by atoms with Gasteiger partial charge in [-0.2, -0.15) is 0 Å². The van der Waals surface area contributed by atoms with Gasteiger partial charge in [-0.05, 0) is 44.4 Å². The molecule has 0 radical (unpaired) electrons. The number of nitrogens with one attached hydrogen (secondary N) is 3. The summed E-state index contributed by atoms with van der Waals surface area (Å²) in [6, 6.07) is 7.94. The molecule has 1 aliphatic rings. The van der Waals surface area contributed by atoms with Crippen molar-refractivity contribution in [1.82, 2.24) is 20.9 Å². The van der Waals surface area contributed by atoms with Crippen molar-refractivity contribution in [3.8, 4) is 0 Å².